The molecule has 0 amide bonds. The van der Waals surface area contributed by atoms with E-state index in [1.54, 1.807) is 22.9 Å². The fraction of sp³-hybridized carbons (Fsp3) is 0.0714. The molecule has 1 heterocycles. The summed E-state index contributed by atoms with van der Waals surface area (Å²) in [4.78, 5) is 0. The molecule has 7 heteroatoms. The van der Waals surface area contributed by atoms with Crippen molar-refractivity contribution in [3.05, 3.63) is 58.3 Å². The number of benzene rings is 2. The largest absolute Gasteiger partial charge is 0.399 e. The lowest BCUT2D eigenvalue weighted by molar-refractivity contribution is 0.615. The number of hydrogen-bond donors (Lipinski definition) is 1. The highest BCUT2D eigenvalue weighted by molar-refractivity contribution is 9.10. The lowest BCUT2D eigenvalue weighted by Crippen LogP contribution is -2.05. The number of rotatable bonds is 3. The van der Waals surface area contributed by atoms with Gasteiger partial charge in [-0.3, -0.25) is 0 Å². The van der Waals surface area contributed by atoms with Gasteiger partial charge in [0.1, 0.15) is 5.82 Å². The van der Waals surface area contributed by atoms with Crippen LogP contribution in [-0.2, 0) is 6.54 Å². The van der Waals surface area contributed by atoms with E-state index in [1.807, 2.05) is 12.1 Å². The first-order valence-electron chi connectivity index (χ1n) is 6.19. The minimum Gasteiger partial charge on any atom is -0.399 e. The van der Waals surface area contributed by atoms with Crippen LogP contribution >= 0.6 is 15.9 Å². The van der Waals surface area contributed by atoms with Gasteiger partial charge in [0, 0.05) is 15.7 Å². The van der Waals surface area contributed by atoms with E-state index in [9.17, 15) is 4.39 Å². The van der Waals surface area contributed by atoms with Gasteiger partial charge in [-0.15, -0.1) is 5.10 Å². The molecule has 2 N–H and O–H groups in total. The summed E-state index contributed by atoms with van der Waals surface area (Å²) >= 11 is 3.46. The Bertz CT molecular complexity index is 787. The molecular weight excluding hydrogens is 337 g/mol. The second-order valence-electron chi connectivity index (χ2n) is 4.53. The van der Waals surface area contributed by atoms with Crippen LogP contribution in [0, 0.1) is 5.82 Å². The molecule has 0 unspecified atom stereocenters. The van der Waals surface area contributed by atoms with Gasteiger partial charge in [0.05, 0.1) is 6.54 Å². The third-order valence-corrected chi connectivity index (χ3v) is 3.68. The average molecular weight is 348 g/mol. The number of nitrogens with zero attached hydrogens (tertiary/aromatic N) is 4. The van der Waals surface area contributed by atoms with Crippen molar-refractivity contribution in [2.75, 3.05) is 5.73 Å². The van der Waals surface area contributed by atoms with Crippen molar-refractivity contribution in [3.8, 4) is 11.4 Å². The van der Waals surface area contributed by atoms with Crippen LogP contribution in [0.2, 0.25) is 0 Å². The third kappa shape index (κ3) is 2.92. The van der Waals surface area contributed by atoms with Crippen LogP contribution in [0.5, 0.6) is 0 Å². The van der Waals surface area contributed by atoms with Crippen LogP contribution < -0.4 is 5.73 Å². The highest BCUT2D eigenvalue weighted by Gasteiger charge is 2.13. The molecule has 21 heavy (non-hydrogen) atoms. The van der Waals surface area contributed by atoms with Crippen molar-refractivity contribution in [1.29, 1.82) is 0 Å². The van der Waals surface area contributed by atoms with E-state index < -0.39 is 0 Å². The predicted molar refractivity (Wildman–Crippen MR) is 80.9 cm³/mol. The van der Waals surface area contributed by atoms with Crippen LogP contribution in [0.4, 0.5) is 10.1 Å². The molecular formula is C14H11BrFN5. The normalized spacial score (nSPS) is 10.8. The Morgan fingerprint density at radius 1 is 1.19 bits per heavy atom. The minimum atomic E-state index is -0.285. The second kappa shape index (κ2) is 5.61. The Morgan fingerprint density at radius 3 is 2.86 bits per heavy atom. The average Bonchev–Trinajstić information content (AvgIpc) is 2.89. The SMILES string of the molecule is Nc1ccc(Br)c(-c2nnnn2Cc2cccc(F)c2)c1. The number of nitrogens with two attached hydrogens (primary N) is 1. The quantitative estimate of drug-likeness (QED) is 0.739. The van der Waals surface area contributed by atoms with Gasteiger partial charge in [-0.1, -0.05) is 28.1 Å². The van der Waals surface area contributed by atoms with Crippen molar-refractivity contribution in [2.45, 2.75) is 6.54 Å². The molecule has 0 aliphatic heterocycles. The van der Waals surface area contributed by atoms with Crippen LogP contribution in [0.25, 0.3) is 11.4 Å². The summed E-state index contributed by atoms with van der Waals surface area (Å²) in [5.41, 5.74) is 8.00. The van der Waals surface area contributed by atoms with Crippen LogP contribution in [0.3, 0.4) is 0 Å². The molecule has 0 aliphatic rings. The van der Waals surface area contributed by atoms with Gasteiger partial charge in [-0.2, -0.15) is 0 Å². The molecule has 0 bridgehead atoms. The molecule has 0 aliphatic carbocycles. The first kappa shape index (κ1) is 13.7. The van der Waals surface area contributed by atoms with Crippen LogP contribution in [-0.4, -0.2) is 20.2 Å². The Morgan fingerprint density at radius 2 is 2.05 bits per heavy atom. The van der Waals surface area contributed by atoms with Gasteiger partial charge >= 0.3 is 0 Å². The Hall–Kier alpha value is -2.28. The monoisotopic (exact) mass is 347 g/mol. The fourth-order valence-corrected chi connectivity index (χ4v) is 2.45. The van der Waals surface area contributed by atoms with E-state index in [1.165, 1.54) is 12.1 Å². The summed E-state index contributed by atoms with van der Waals surface area (Å²) in [5, 5.41) is 11.7. The van der Waals surface area contributed by atoms with Gasteiger partial charge in [0.25, 0.3) is 0 Å². The zero-order chi connectivity index (χ0) is 14.8. The Balaban J connectivity index is 1.99. The molecule has 3 rings (SSSR count). The summed E-state index contributed by atoms with van der Waals surface area (Å²) < 4.78 is 15.7. The maximum atomic E-state index is 13.3. The number of halogens is 2. The fourth-order valence-electron chi connectivity index (χ4n) is 2.03. The van der Waals surface area contributed by atoms with Crippen LogP contribution in [0.1, 0.15) is 5.56 Å². The molecule has 0 fully saturated rings. The molecule has 1 aromatic heterocycles. The van der Waals surface area contributed by atoms with Gasteiger partial charge in [-0.25, -0.2) is 9.07 Å². The second-order valence-corrected chi connectivity index (χ2v) is 5.38. The first-order chi connectivity index (χ1) is 10.1. The molecule has 0 saturated carbocycles. The van der Waals surface area contributed by atoms with Crippen LogP contribution in [0.15, 0.2) is 46.9 Å². The molecule has 0 radical (unpaired) electrons. The molecule has 0 atom stereocenters. The molecule has 2 aromatic carbocycles. The lowest BCUT2D eigenvalue weighted by Gasteiger charge is -2.07. The maximum Gasteiger partial charge on any atom is 0.183 e. The standard InChI is InChI=1S/C14H11BrFN5/c15-13-5-4-11(17)7-12(13)14-18-19-20-21(14)8-9-2-1-3-10(16)6-9/h1-7H,8,17H2. The number of anilines is 1. The van der Waals surface area contributed by atoms with E-state index in [4.69, 9.17) is 5.73 Å². The summed E-state index contributed by atoms with van der Waals surface area (Å²) in [6.45, 7) is 0.376. The number of nitrogen functional groups attached to an aromatic ring is 1. The number of tetrazole rings is 1. The Labute approximate surface area is 128 Å². The summed E-state index contributed by atoms with van der Waals surface area (Å²) in [6, 6.07) is 11.8. The molecule has 3 aromatic rings. The van der Waals surface area contributed by atoms with Gasteiger partial charge in [0.15, 0.2) is 5.82 Å². The molecule has 106 valence electrons. The van der Waals surface area contributed by atoms with E-state index in [-0.39, 0.29) is 5.82 Å². The van der Waals surface area contributed by atoms with Gasteiger partial charge in [0.2, 0.25) is 0 Å². The minimum absolute atomic E-state index is 0.285. The van der Waals surface area contributed by atoms with E-state index in [2.05, 4.69) is 31.5 Å². The van der Waals surface area contributed by atoms with Gasteiger partial charge in [-0.05, 0) is 46.3 Å². The van der Waals surface area contributed by atoms with E-state index >= 15 is 0 Å². The predicted octanol–water partition coefficient (Wildman–Crippen LogP) is 2.87. The summed E-state index contributed by atoms with van der Waals surface area (Å²) in [7, 11) is 0. The zero-order valence-electron chi connectivity index (χ0n) is 10.9. The van der Waals surface area contributed by atoms with Crippen molar-refractivity contribution >= 4 is 21.6 Å². The Kier molecular flexibility index (Phi) is 3.66. The molecule has 0 spiro atoms. The maximum absolute atomic E-state index is 13.3. The number of hydrogen-bond acceptors (Lipinski definition) is 4. The highest BCUT2D eigenvalue weighted by atomic mass is 79.9. The lowest BCUT2D eigenvalue weighted by atomic mass is 10.2. The van der Waals surface area contributed by atoms with Crippen molar-refractivity contribution in [1.82, 2.24) is 20.2 Å². The zero-order valence-corrected chi connectivity index (χ0v) is 12.5. The molecule has 5 nitrogen and oxygen atoms in total. The van der Waals surface area contributed by atoms with Crippen molar-refractivity contribution in [2.24, 2.45) is 0 Å². The number of aromatic nitrogens is 4. The van der Waals surface area contributed by atoms with E-state index in [0.717, 1.165) is 15.6 Å². The van der Waals surface area contributed by atoms with Gasteiger partial charge < -0.3 is 5.73 Å². The van der Waals surface area contributed by atoms with Crippen molar-refractivity contribution < 1.29 is 4.39 Å². The smallest absolute Gasteiger partial charge is 0.183 e. The summed E-state index contributed by atoms with van der Waals surface area (Å²) in [5.74, 6) is 0.283. The van der Waals surface area contributed by atoms with E-state index in [0.29, 0.717) is 18.1 Å². The first-order valence-corrected chi connectivity index (χ1v) is 6.99. The highest BCUT2D eigenvalue weighted by Crippen LogP contribution is 2.28. The summed E-state index contributed by atoms with van der Waals surface area (Å²) in [6.07, 6.45) is 0. The van der Waals surface area contributed by atoms with Crippen molar-refractivity contribution in [3.63, 3.8) is 0 Å². The molecule has 0 saturated heterocycles. The topological polar surface area (TPSA) is 69.6 Å². The third-order valence-electron chi connectivity index (χ3n) is 2.98.